The summed E-state index contributed by atoms with van der Waals surface area (Å²) in [5.41, 5.74) is 6.93. The van der Waals surface area contributed by atoms with Gasteiger partial charge in [-0.15, -0.1) is 0 Å². The van der Waals surface area contributed by atoms with Gasteiger partial charge in [-0.3, -0.25) is 4.90 Å². The summed E-state index contributed by atoms with van der Waals surface area (Å²) in [7, 11) is 2.06. The van der Waals surface area contributed by atoms with Crippen LogP contribution in [0.1, 0.15) is 24.9 Å². The standard InChI is InChI=1S/C15H24F2N2OS/c1-4-12(10-21-3)19(2)14(9-18)11-5-7-13(8-6-11)20-15(16)17/h5-8,12,14-15H,4,9-10,18H2,1-3H3. The molecular weight excluding hydrogens is 294 g/mol. The smallest absolute Gasteiger partial charge is 0.387 e. The molecule has 3 nitrogen and oxygen atoms in total. The Morgan fingerprint density at radius 1 is 1.29 bits per heavy atom. The molecule has 120 valence electrons. The normalized spacial score (nSPS) is 14.5. The second-order valence-corrected chi connectivity index (χ2v) is 5.79. The van der Waals surface area contributed by atoms with Crippen LogP contribution in [0.5, 0.6) is 5.75 Å². The van der Waals surface area contributed by atoms with E-state index >= 15 is 0 Å². The van der Waals surface area contributed by atoms with Crippen LogP contribution in [0.2, 0.25) is 0 Å². The number of benzene rings is 1. The van der Waals surface area contributed by atoms with Crippen molar-refractivity contribution in [2.24, 2.45) is 5.73 Å². The zero-order valence-corrected chi connectivity index (χ0v) is 13.6. The molecule has 0 aliphatic heterocycles. The van der Waals surface area contributed by atoms with Gasteiger partial charge in [0.25, 0.3) is 0 Å². The zero-order chi connectivity index (χ0) is 15.8. The third kappa shape index (κ3) is 5.45. The maximum atomic E-state index is 12.2. The molecule has 0 saturated carbocycles. The summed E-state index contributed by atoms with van der Waals surface area (Å²) in [6, 6.07) is 7.24. The highest BCUT2D eigenvalue weighted by Gasteiger charge is 2.22. The summed E-state index contributed by atoms with van der Waals surface area (Å²) in [4.78, 5) is 2.26. The van der Waals surface area contributed by atoms with Crippen molar-refractivity contribution in [3.8, 4) is 5.75 Å². The minimum atomic E-state index is -2.80. The van der Waals surface area contributed by atoms with Crippen molar-refractivity contribution in [2.75, 3.05) is 25.6 Å². The molecule has 0 amide bonds. The number of thioether (sulfide) groups is 1. The van der Waals surface area contributed by atoms with E-state index in [9.17, 15) is 8.78 Å². The lowest BCUT2D eigenvalue weighted by molar-refractivity contribution is -0.0498. The summed E-state index contributed by atoms with van der Waals surface area (Å²) in [5, 5.41) is 0. The van der Waals surface area contributed by atoms with Crippen molar-refractivity contribution in [3.05, 3.63) is 29.8 Å². The van der Waals surface area contributed by atoms with E-state index in [-0.39, 0.29) is 11.8 Å². The predicted octanol–water partition coefficient (Wildman–Crippen LogP) is 3.36. The van der Waals surface area contributed by atoms with Crippen LogP contribution < -0.4 is 10.5 Å². The van der Waals surface area contributed by atoms with Crippen LogP contribution in [0, 0.1) is 0 Å². The third-order valence-electron chi connectivity index (χ3n) is 3.61. The van der Waals surface area contributed by atoms with Gasteiger partial charge in [-0.1, -0.05) is 19.1 Å². The number of likely N-dealkylation sites (N-methyl/N-ethyl adjacent to an activating group) is 1. The second-order valence-electron chi connectivity index (χ2n) is 4.88. The van der Waals surface area contributed by atoms with Gasteiger partial charge < -0.3 is 10.5 Å². The Morgan fingerprint density at radius 3 is 2.33 bits per heavy atom. The van der Waals surface area contributed by atoms with Crippen LogP contribution in [0.25, 0.3) is 0 Å². The minimum absolute atomic E-state index is 0.0719. The maximum Gasteiger partial charge on any atom is 0.387 e. The molecule has 1 aromatic carbocycles. The third-order valence-corrected chi connectivity index (χ3v) is 4.33. The Morgan fingerprint density at radius 2 is 1.90 bits per heavy atom. The van der Waals surface area contributed by atoms with Gasteiger partial charge in [0.15, 0.2) is 0 Å². The first-order valence-electron chi connectivity index (χ1n) is 6.99. The topological polar surface area (TPSA) is 38.5 Å². The Kier molecular flexibility index (Phi) is 8.00. The number of rotatable bonds is 9. The van der Waals surface area contributed by atoms with Crippen molar-refractivity contribution in [2.45, 2.75) is 32.0 Å². The number of nitrogens with two attached hydrogens (primary N) is 1. The molecule has 0 aromatic heterocycles. The summed E-state index contributed by atoms with van der Waals surface area (Å²) in [6.07, 6.45) is 3.13. The van der Waals surface area contributed by atoms with E-state index < -0.39 is 6.61 Å². The first-order chi connectivity index (χ1) is 10.0. The monoisotopic (exact) mass is 318 g/mol. The first kappa shape index (κ1) is 18.2. The maximum absolute atomic E-state index is 12.2. The fraction of sp³-hybridized carbons (Fsp3) is 0.600. The number of hydrogen-bond donors (Lipinski definition) is 1. The van der Waals surface area contributed by atoms with E-state index in [1.807, 2.05) is 11.8 Å². The second kappa shape index (κ2) is 9.23. The molecule has 1 aromatic rings. The Labute approximate surface area is 129 Å². The number of hydrogen-bond acceptors (Lipinski definition) is 4. The van der Waals surface area contributed by atoms with Crippen LogP contribution in [-0.4, -0.2) is 43.2 Å². The molecule has 21 heavy (non-hydrogen) atoms. The van der Waals surface area contributed by atoms with Gasteiger partial charge in [0.2, 0.25) is 0 Å². The number of halogens is 2. The van der Waals surface area contributed by atoms with Crippen LogP contribution in [0.15, 0.2) is 24.3 Å². The van der Waals surface area contributed by atoms with Gasteiger partial charge >= 0.3 is 6.61 Å². The number of nitrogens with zero attached hydrogens (tertiary/aromatic N) is 1. The quantitative estimate of drug-likeness (QED) is 0.758. The molecule has 2 N–H and O–H groups in total. The van der Waals surface area contributed by atoms with Crippen molar-refractivity contribution in [1.29, 1.82) is 0 Å². The van der Waals surface area contributed by atoms with Crippen LogP contribution in [-0.2, 0) is 0 Å². The lowest BCUT2D eigenvalue weighted by Gasteiger charge is -2.34. The molecule has 0 saturated heterocycles. The van der Waals surface area contributed by atoms with Gasteiger partial charge in [-0.05, 0) is 37.4 Å². The average molecular weight is 318 g/mol. The van der Waals surface area contributed by atoms with Gasteiger partial charge in [0, 0.05) is 24.4 Å². The highest BCUT2D eigenvalue weighted by molar-refractivity contribution is 7.98. The van der Waals surface area contributed by atoms with E-state index in [2.05, 4.69) is 29.9 Å². The van der Waals surface area contributed by atoms with Crippen molar-refractivity contribution in [1.82, 2.24) is 4.90 Å². The van der Waals surface area contributed by atoms with Crippen LogP contribution in [0.3, 0.4) is 0 Å². The molecule has 2 atom stereocenters. The van der Waals surface area contributed by atoms with E-state index in [1.54, 1.807) is 24.3 Å². The summed E-state index contributed by atoms with van der Waals surface area (Å²) >= 11 is 1.81. The molecule has 0 heterocycles. The summed E-state index contributed by atoms with van der Waals surface area (Å²) < 4.78 is 28.7. The number of ether oxygens (including phenoxy) is 1. The molecule has 0 aliphatic rings. The highest BCUT2D eigenvalue weighted by atomic mass is 32.2. The van der Waals surface area contributed by atoms with E-state index in [1.165, 1.54) is 0 Å². The van der Waals surface area contributed by atoms with Gasteiger partial charge in [0.1, 0.15) is 5.75 Å². The van der Waals surface area contributed by atoms with Gasteiger partial charge in [-0.2, -0.15) is 20.5 Å². The first-order valence-corrected chi connectivity index (χ1v) is 8.38. The molecule has 0 radical (unpaired) electrons. The minimum Gasteiger partial charge on any atom is -0.435 e. The number of alkyl halides is 2. The van der Waals surface area contributed by atoms with Crippen LogP contribution >= 0.6 is 11.8 Å². The lowest BCUT2D eigenvalue weighted by Crippen LogP contribution is -2.39. The SMILES string of the molecule is CCC(CSC)N(C)C(CN)c1ccc(OC(F)F)cc1. The largest absolute Gasteiger partial charge is 0.435 e. The molecule has 6 heteroatoms. The molecule has 0 aliphatic carbocycles. The Bertz CT molecular complexity index is 403. The van der Waals surface area contributed by atoms with Crippen LogP contribution in [0.4, 0.5) is 8.78 Å². The molecular formula is C15H24F2N2OS. The fourth-order valence-corrected chi connectivity index (χ4v) is 3.23. The average Bonchev–Trinajstić information content (AvgIpc) is 2.46. The molecule has 2 unspecified atom stereocenters. The highest BCUT2D eigenvalue weighted by Crippen LogP contribution is 2.25. The molecule has 1 rings (SSSR count). The van der Waals surface area contributed by atoms with Crippen molar-refractivity contribution >= 4 is 11.8 Å². The Balaban J connectivity index is 2.83. The van der Waals surface area contributed by atoms with Gasteiger partial charge in [0.05, 0.1) is 0 Å². The Hall–Kier alpha value is -0.850. The molecule has 0 fully saturated rings. The predicted molar refractivity (Wildman–Crippen MR) is 85.1 cm³/mol. The fourth-order valence-electron chi connectivity index (χ4n) is 2.38. The molecule has 0 spiro atoms. The summed E-state index contributed by atoms with van der Waals surface area (Å²) in [5.74, 6) is 1.21. The summed E-state index contributed by atoms with van der Waals surface area (Å²) in [6.45, 7) is -0.157. The molecule has 0 bridgehead atoms. The zero-order valence-electron chi connectivity index (χ0n) is 12.8. The van der Waals surface area contributed by atoms with Crippen molar-refractivity contribution < 1.29 is 13.5 Å². The van der Waals surface area contributed by atoms with E-state index in [0.29, 0.717) is 12.6 Å². The lowest BCUT2D eigenvalue weighted by atomic mass is 10.0. The van der Waals surface area contributed by atoms with E-state index in [0.717, 1.165) is 17.7 Å². The van der Waals surface area contributed by atoms with E-state index in [4.69, 9.17) is 5.73 Å². The van der Waals surface area contributed by atoms with Crippen molar-refractivity contribution in [3.63, 3.8) is 0 Å². The van der Waals surface area contributed by atoms with Gasteiger partial charge in [-0.25, -0.2) is 0 Å².